The van der Waals surface area contributed by atoms with Crippen LogP contribution in [0.25, 0.3) is 0 Å². The van der Waals surface area contributed by atoms with Crippen molar-refractivity contribution in [1.82, 2.24) is 10.2 Å². The summed E-state index contributed by atoms with van der Waals surface area (Å²) < 4.78 is 0. The molecule has 0 aliphatic carbocycles. The summed E-state index contributed by atoms with van der Waals surface area (Å²) in [6.45, 7) is 4.56. The van der Waals surface area contributed by atoms with Gasteiger partial charge in [0.1, 0.15) is 6.54 Å². The molecule has 0 radical (unpaired) electrons. The van der Waals surface area contributed by atoms with Gasteiger partial charge in [-0.05, 0) is 19.3 Å². The van der Waals surface area contributed by atoms with E-state index in [0.29, 0.717) is 19.5 Å². The molecule has 0 bridgehead atoms. The fraction of sp³-hybridized carbons (Fsp3) is 0.769. The Hall–Kier alpha value is -1.59. The van der Waals surface area contributed by atoms with Crippen molar-refractivity contribution in [3.05, 3.63) is 0 Å². The highest BCUT2D eigenvalue weighted by molar-refractivity contribution is 5.84. The van der Waals surface area contributed by atoms with E-state index in [-0.39, 0.29) is 30.2 Å². The Balaban J connectivity index is 2.52. The molecule has 0 aromatic carbocycles. The number of carboxylic acid groups (broad SMARTS) is 1. The Labute approximate surface area is 113 Å². The number of nitrogens with zero attached hydrogens (tertiary/aromatic N) is 1. The maximum absolute atomic E-state index is 12.1. The van der Waals surface area contributed by atoms with E-state index in [1.54, 1.807) is 4.90 Å². The second kappa shape index (κ2) is 7.11. The number of carbonyl (C=O) groups excluding carboxylic acids is 2. The molecular formula is C13H22N2O4. The van der Waals surface area contributed by atoms with Crippen LogP contribution in [0.15, 0.2) is 0 Å². The molecule has 0 aromatic heterocycles. The van der Waals surface area contributed by atoms with E-state index in [1.807, 2.05) is 13.8 Å². The van der Waals surface area contributed by atoms with Crippen LogP contribution in [0.3, 0.4) is 0 Å². The van der Waals surface area contributed by atoms with Crippen molar-refractivity contribution >= 4 is 17.8 Å². The number of carbonyl (C=O) groups is 3. The Morgan fingerprint density at radius 2 is 2.11 bits per heavy atom. The molecule has 1 fully saturated rings. The summed E-state index contributed by atoms with van der Waals surface area (Å²) in [5.74, 6) is -1.57. The second-order valence-corrected chi connectivity index (χ2v) is 5.04. The van der Waals surface area contributed by atoms with Gasteiger partial charge in [-0.2, -0.15) is 0 Å². The topological polar surface area (TPSA) is 86.7 Å². The third kappa shape index (κ3) is 4.54. The molecule has 1 saturated heterocycles. The molecule has 19 heavy (non-hydrogen) atoms. The number of nitrogens with one attached hydrogen (secondary N) is 1. The zero-order chi connectivity index (χ0) is 14.4. The van der Waals surface area contributed by atoms with Crippen molar-refractivity contribution < 1.29 is 19.5 Å². The normalized spacial score (nSPS) is 20.7. The predicted molar refractivity (Wildman–Crippen MR) is 69.4 cm³/mol. The van der Waals surface area contributed by atoms with Gasteiger partial charge in [-0.1, -0.05) is 13.8 Å². The SMILES string of the molecule is CCC(C)C(=O)N1CCCC(C(=O)NCC(=O)O)C1. The van der Waals surface area contributed by atoms with Crippen LogP contribution in [0.5, 0.6) is 0 Å². The highest BCUT2D eigenvalue weighted by atomic mass is 16.4. The Kier molecular flexibility index (Phi) is 5.79. The van der Waals surface area contributed by atoms with E-state index in [1.165, 1.54) is 0 Å². The number of rotatable bonds is 5. The summed E-state index contributed by atoms with van der Waals surface area (Å²) >= 11 is 0. The molecule has 0 aromatic rings. The number of hydrogen-bond donors (Lipinski definition) is 2. The molecule has 0 saturated carbocycles. The van der Waals surface area contributed by atoms with Gasteiger partial charge in [0.15, 0.2) is 0 Å². The third-order valence-corrected chi connectivity index (χ3v) is 3.55. The van der Waals surface area contributed by atoms with Gasteiger partial charge in [-0.3, -0.25) is 14.4 Å². The van der Waals surface area contributed by atoms with E-state index >= 15 is 0 Å². The van der Waals surface area contributed by atoms with Crippen LogP contribution in [-0.2, 0) is 14.4 Å². The first-order valence-corrected chi connectivity index (χ1v) is 6.74. The molecule has 1 aliphatic rings. The van der Waals surface area contributed by atoms with Crippen molar-refractivity contribution in [2.75, 3.05) is 19.6 Å². The fourth-order valence-electron chi connectivity index (χ4n) is 2.18. The number of amides is 2. The Bertz CT molecular complexity index is 357. The van der Waals surface area contributed by atoms with Crippen LogP contribution in [0.1, 0.15) is 33.1 Å². The zero-order valence-electron chi connectivity index (χ0n) is 11.5. The monoisotopic (exact) mass is 270 g/mol. The van der Waals surface area contributed by atoms with E-state index in [0.717, 1.165) is 12.8 Å². The summed E-state index contributed by atoms with van der Waals surface area (Å²) in [7, 11) is 0. The first-order chi connectivity index (χ1) is 8.95. The van der Waals surface area contributed by atoms with Crippen LogP contribution in [-0.4, -0.2) is 47.4 Å². The molecule has 1 aliphatic heterocycles. The molecule has 2 unspecified atom stereocenters. The molecule has 2 atom stereocenters. The maximum atomic E-state index is 12.1. The second-order valence-electron chi connectivity index (χ2n) is 5.04. The Morgan fingerprint density at radius 1 is 1.42 bits per heavy atom. The minimum atomic E-state index is -1.06. The fourth-order valence-corrected chi connectivity index (χ4v) is 2.18. The van der Waals surface area contributed by atoms with E-state index in [9.17, 15) is 14.4 Å². The number of hydrogen-bond acceptors (Lipinski definition) is 3. The van der Waals surface area contributed by atoms with Crippen molar-refractivity contribution in [2.24, 2.45) is 11.8 Å². The molecule has 6 heteroatoms. The molecule has 0 spiro atoms. The third-order valence-electron chi connectivity index (χ3n) is 3.55. The lowest BCUT2D eigenvalue weighted by molar-refractivity contribution is -0.141. The van der Waals surface area contributed by atoms with Gasteiger partial charge in [0.2, 0.25) is 11.8 Å². The zero-order valence-corrected chi connectivity index (χ0v) is 11.5. The lowest BCUT2D eigenvalue weighted by Gasteiger charge is -2.33. The van der Waals surface area contributed by atoms with Gasteiger partial charge in [0.25, 0.3) is 0 Å². The maximum Gasteiger partial charge on any atom is 0.322 e. The van der Waals surface area contributed by atoms with Crippen molar-refractivity contribution in [3.8, 4) is 0 Å². The van der Waals surface area contributed by atoms with Gasteiger partial charge in [0.05, 0.1) is 5.92 Å². The van der Waals surface area contributed by atoms with Crippen molar-refractivity contribution in [1.29, 1.82) is 0 Å². The standard InChI is InChI=1S/C13H22N2O4/c1-3-9(2)13(19)15-6-4-5-10(8-15)12(18)14-7-11(16)17/h9-10H,3-8H2,1-2H3,(H,14,18)(H,16,17). The van der Waals surface area contributed by atoms with E-state index in [2.05, 4.69) is 5.32 Å². The molecular weight excluding hydrogens is 248 g/mol. The molecule has 1 heterocycles. The summed E-state index contributed by atoms with van der Waals surface area (Å²) in [6, 6.07) is 0. The number of aliphatic carboxylic acids is 1. The van der Waals surface area contributed by atoms with Gasteiger partial charge in [-0.25, -0.2) is 0 Å². The highest BCUT2D eigenvalue weighted by Gasteiger charge is 2.29. The number of carboxylic acids is 1. The molecule has 2 amide bonds. The van der Waals surface area contributed by atoms with E-state index in [4.69, 9.17) is 5.11 Å². The van der Waals surface area contributed by atoms with Gasteiger partial charge in [-0.15, -0.1) is 0 Å². The van der Waals surface area contributed by atoms with Crippen molar-refractivity contribution in [3.63, 3.8) is 0 Å². The number of piperidine rings is 1. The van der Waals surface area contributed by atoms with Gasteiger partial charge >= 0.3 is 5.97 Å². The number of likely N-dealkylation sites (tertiary alicyclic amines) is 1. The average Bonchev–Trinajstić information content (AvgIpc) is 2.43. The Morgan fingerprint density at radius 3 is 2.68 bits per heavy atom. The van der Waals surface area contributed by atoms with E-state index < -0.39 is 5.97 Å². The summed E-state index contributed by atoms with van der Waals surface area (Å²) in [5.41, 5.74) is 0. The van der Waals surface area contributed by atoms with Gasteiger partial charge < -0.3 is 15.3 Å². The molecule has 1 rings (SSSR count). The van der Waals surface area contributed by atoms with Crippen molar-refractivity contribution in [2.45, 2.75) is 33.1 Å². The van der Waals surface area contributed by atoms with Crippen LogP contribution < -0.4 is 5.32 Å². The average molecular weight is 270 g/mol. The predicted octanol–water partition coefficient (Wildman–Crippen LogP) is 0.472. The summed E-state index contributed by atoms with van der Waals surface area (Å²) in [4.78, 5) is 36.0. The molecule has 108 valence electrons. The first kappa shape index (κ1) is 15.5. The lowest BCUT2D eigenvalue weighted by Crippen LogP contribution is -2.47. The van der Waals surface area contributed by atoms with Crippen LogP contribution in [0, 0.1) is 11.8 Å². The smallest absolute Gasteiger partial charge is 0.322 e. The highest BCUT2D eigenvalue weighted by Crippen LogP contribution is 2.19. The molecule has 6 nitrogen and oxygen atoms in total. The van der Waals surface area contributed by atoms with Crippen LogP contribution in [0.4, 0.5) is 0 Å². The largest absolute Gasteiger partial charge is 0.480 e. The van der Waals surface area contributed by atoms with Crippen LogP contribution >= 0.6 is 0 Å². The molecule has 2 N–H and O–H groups in total. The minimum Gasteiger partial charge on any atom is -0.480 e. The quantitative estimate of drug-likeness (QED) is 0.760. The first-order valence-electron chi connectivity index (χ1n) is 6.74. The lowest BCUT2D eigenvalue weighted by atomic mass is 9.95. The summed E-state index contributed by atoms with van der Waals surface area (Å²) in [6.07, 6.45) is 2.27. The minimum absolute atomic E-state index is 0.0270. The van der Waals surface area contributed by atoms with Gasteiger partial charge in [0, 0.05) is 19.0 Å². The summed E-state index contributed by atoms with van der Waals surface area (Å²) in [5, 5.41) is 10.9. The van der Waals surface area contributed by atoms with Crippen LogP contribution in [0.2, 0.25) is 0 Å².